The van der Waals surface area contributed by atoms with Crippen molar-refractivity contribution in [3.8, 4) is 11.8 Å². The molecule has 0 saturated carbocycles. The van der Waals surface area contributed by atoms with E-state index in [4.69, 9.17) is 10.4 Å². The lowest BCUT2D eigenvalue weighted by Crippen LogP contribution is -2.36. The molecule has 3 aromatic rings. The number of amides is 1. The molecule has 0 saturated heterocycles. The summed E-state index contributed by atoms with van der Waals surface area (Å²) < 4.78 is 2.51. The first-order chi connectivity index (χ1) is 11.8. The van der Waals surface area contributed by atoms with Crippen LogP contribution in [0.1, 0.15) is 15.9 Å². The fourth-order valence-electron chi connectivity index (χ4n) is 2.68. The van der Waals surface area contributed by atoms with Crippen molar-refractivity contribution in [2.24, 2.45) is 7.05 Å². The predicted molar refractivity (Wildman–Crippen MR) is 86.5 cm³/mol. The second-order valence-corrected chi connectivity index (χ2v) is 5.36. The average molecular weight is 340 g/mol. The van der Waals surface area contributed by atoms with Gasteiger partial charge in [0.05, 0.1) is 17.1 Å². The molecule has 9 heteroatoms. The van der Waals surface area contributed by atoms with Crippen LogP contribution in [0.2, 0.25) is 0 Å². The lowest BCUT2D eigenvalue weighted by atomic mass is 10.2. The minimum Gasteiger partial charge on any atom is -0.505 e. The lowest BCUT2D eigenvalue weighted by molar-refractivity contribution is -0.135. The molecule has 0 aliphatic heterocycles. The molecule has 0 unspecified atom stereocenters. The Morgan fingerprint density at radius 2 is 2.00 bits per heavy atom. The number of rotatable bonds is 3. The van der Waals surface area contributed by atoms with Gasteiger partial charge in [0, 0.05) is 12.4 Å². The van der Waals surface area contributed by atoms with Crippen molar-refractivity contribution in [3.05, 3.63) is 45.7 Å². The molecule has 1 aromatic carbocycles. The van der Waals surface area contributed by atoms with Gasteiger partial charge in [-0.2, -0.15) is 5.26 Å². The zero-order valence-electron chi connectivity index (χ0n) is 13.0. The Balaban J connectivity index is 2.31. The SMILES string of the molecule is Cn1c(=O)c(C(=O)NCC(=O)O)c(O)c2cc3ccc(C#N)cc3n21. The van der Waals surface area contributed by atoms with E-state index >= 15 is 0 Å². The number of aryl methyl sites for hydroxylation is 1. The normalized spacial score (nSPS) is 10.7. The van der Waals surface area contributed by atoms with Gasteiger partial charge in [0.15, 0.2) is 5.75 Å². The minimum absolute atomic E-state index is 0.188. The van der Waals surface area contributed by atoms with Crippen LogP contribution in [0.25, 0.3) is 16.4 Å². The number of benzene rings is 1. The van der Waals surface area contributed by atoms with Crippen LogP contribution in [0, 0.1) is 11.3 Å². The number of nitriles is 1. The van der Waals surface area contributed by atoms with Gasteiger partial charge in [0.1, 0.15) is 17.6 Å². The van der Waals surface area contributed by atoms with Crippen molar-refractivity contribution in [2.45, 2.75) is 0 Å². The van der Waals surface area contributed by atoms with Gasteiger partial charge in [-0.05, 0) is 18.2 Å². The van der Waals surface area contributed by atoms with E-state index in [1.807, 2.05) is 6.07 Å². The summed E-state index contributed by atoms with van der Waals surface area (Å²) >= 11 is 0. The maximum Gasteiger partial charge on any atom is 0.322 e. The molecule has 1 amide bonds. The molecule has 0 spiro atoms. The van der Waals surface area contributed by atoms with E-state index in [0.29, 0.717) is 16.5 Å². The van der Waals surface area contributed by atoms with E-state index in [1.165, 1.54) is 11.6 Å². The largest absolute Gasteiger partial charge is 0.505 e. The number of hydrogen-bond donors (Lipinski definition) is 3. The van der Waals surface area contributed by atoms with E-state index in [-0.39, 0.29) is 5.52 Å². The highest BCUT2D eigenvalue weighted by Crippen LogP contribution is 2.28. The molecular weight excluding hydrogens is 328 g/mol. The molecule has 0 atom stereocenters. The summed E-state index contributed by atoms with van der Waals surface area (Å²) in [6.45, 7) is -0.679. The van der Waals surface area contributed by atoms with Crippen LogP contribution in [-0.4, -0.2) is 37.8 Å². The number of aliphatic carboxylic acids is 1. The third kappa shape index (κ3) is 2.46. The van der Waals surface area contributed by atoms with E-state index in [0.717, 1.165) is 4.68 Å². The van der Waals surface area contributed by atoms with Crippen molar-refractivity contribution < 1.29 is 19.8 Å². The van der Waals surface area contributed by atoms with Gasteiger partial charge in [0.2, 0.25) is 0 Å². The summed E-state index contributed by atoms with van der Waals surface area (Å²) in [5.41, 5.74) is -0.260. The van der Waals surface area contributed by atoms with Crippen LogP contribution in [0.4, 0.5) is 0 Å². The molecule has 2 heterocycles. The molecule has 0 radical (unpaired) electrons. The van der Waals surface area contributed by atoms with Crippen molar-refractivity contribution >= 4 is 28.3 Å². The summed E-state index contributed by atoms with van der Waals surface area (Å²) in [6.07, 6.45) is 0. The van der Waals surface area contributed by atoms with Crippen LogP contribution < -0.4 is 10.9 Å². The Hall–Kier alpha value is -3.80. The zero-order valence-corrected chi connectivity index (χ0v) is 13.0. The maximum atomic E-state index is 12.5. The number of nitrogens with one attached hydrogen (secondary N) is 1. The van der Waals surface area contributed by atoms with Gasteiger partial charge in [-0.3, -0.25) is 14.4 Å². The van der Waals surface area contributed by atoms with Gasteiger partial charge < -0.3 is 15.5 Å². The second-order valence-electron chi connectivity index (χ2n) is 5.36. The zero-order chi connectivity index (χ0) is 18.3. The van der Waals surface area contributed by atoms with Crippen molar-refractivity contribution in [1.29, 1.82) is 5.26 Å². The molecule has 0 aliphatic carbocycles. The standard InChI is InChI=1S/C16H12N4O5/c1-19-16(25)13(15(24)18-7-12(21)22)14(23)11-5-9-3-2-8(6-17)4-10(9)20(11)19/h2-5,23H,7H2,1H3,(H,18,24)(H,21,22). The van der Waals surface area contributed by atoms with Gasteiger partial charge in [-0.1, -0.05) is 6.07 Å². The molecule has 9 nitrogen and oxygen atoms in total. The van der Waals surface area contributed by atoms with Crippen LogP contribution >= 0.6 is 0 Å². The number of nitrogens with zero attached hydrogens (tertiary/aromatic N) is 3. The Kier molecular flexibility index (Phi) is 3.65. The molecule has 3 N–H and O–H groups in total. The highest BCUT2D eigenvalue weighted by molar-refractivity contribution is 6.01. The Bertz CT molecular complexity index is 1150. The summed E-state index contributed by atoms with van der Waals surface area (Å²) in [5.74, 6) is -2.81. The second kappa shape index (κ2) is 5.68. The van der Waals surface area contributed by atoms with Crippen LogP contribution in [0.5, 0.6) is 5.75 Å². The highest BCUT2D eigenvalue weighted by Gasteiger charge is 2.23. The third-order valence-corrected chi connectivity index (χ3v) is 3.82. The molecule has 3 rings (SSSR count). The van der Waals surface area contributed by atoms with Gasteiger partial charge in [0.25, 0.3) is 11.5 Å². The Labute approximate surface area is 139 Å². The monoisotopic (exact) mass is 340 g/mol. The fourth-order valence-corrected chi connectivity index (χ4v) is 2.68. The number of aromatic hydroxyl groups is 1. The summed E-state index contributed by atoms with van der Waals surface area (Å²) in [4.78, 5) is 35.2. The molecule has 0 bridgehead atoms. The number of aromatic nitrogens is 2. The molecule has 25 heavy (non-hydrogen) atoms. The predicted octanol–water partition coefficient (Wildman–Crippen LogP) is 0.183. The first-order valence-corrected chi connectivity index (χ1v) is 7.12. The molecule has 2 aromatic heterocycles. The smallest absolute Gasteiger partial charge is 0.322 e. The fraction of sp³-hybridized carbons (Fsp3) is 0.125. The first-order valence-electron chi connectivity index (χ1n) is 7.12. The van der Waals surface area contributed by atoms with Gasteiger partial charge in [-0.15, -0.1) is 0 Å². The number of carboxylic acids is 1. The lowest BCUT2D eigenvalue weighted by Gasteiger charge is -2.11. The number of carboxylic acid groups (broad SMARTS) is 1. The van der Waals surface area contributed by atoms with Crippen molar-refractivity contribution in [2.75, 3.05) is 6.54 Å². The maximum absolute atomic E-state index is 12.5. The summed E-state index contributed by atoms with van der Waals surface area (Å²) in [7, 11) is 1.40. The Morgan fingerprint density at radius 1 is 1.28 bits per heavy atom. The van der Waals surface area contributed by atoms with E-state index in [2.05, 4.69) is 5.32 Å². The minimum atomic E-state index is -1.27. The number of fused-ring (bicyclic) bond motifs is 3. The van der Waals surface area contributed by atoms with Gasteiger partial charge >= 0.3 is 5.97 Å². The first kappa shape index (κ1) is 16.1. The molecule has 126 valence electrons. The Morgan fingerprint density at radius 3 is 2.64 bits per heavy atom. The molecule has 0 aliphatic rings. The third-order valence-electron chi connectivity index (χ3n) is 3.82. The highest BCUT2D eigenvalue weighted by atomic mass is 16.4. The van der Waals surface area contributed by atoms with Crippen LogP contribution in [-0.2, 0) is 11.8 Å². The topological polar surface area (TPSA) is 137 Å². The van der Waals surface area contributed by atoms with E-state index in [9.17, 15) is 19.5 Å². The number of hydrogen-bond acceptors (Lipinski definition) is 5. The number of carbonyl (C=O) groups excluding carboxylic acids is 1. The van der Waals surface area contributed by atoms with Crippen LogP contribution in [0.15, 0.2) is 29.1 Å². The number of carbonyl (C=O) groups is 2. The van der Waals surface area contributed by atoms with E-state index in [1.54, 1.807) is 24.3 Å². The quantitative estimate of drug-likeness (QED) is 0.622. The summed E-state index contributed by atoms with van der Waals surface area (Å²) in [6, 6.07) is 8.38. The van der Waals surface area contributed by atoms with Gasteiger partial charge in [-0.25, -0.2) is 9.20 Å². The van der Waals surface area contributed by atoms with Crippen molar-refractivity contribution in [3.63, 3.8) is 0 Å². The molecule has 0 fully saturated rings. The van der Waals surface area contributed by atoms with Crippen molar-refractivity contribution in [1.82, 2.24) is 14.5 Å². The molecular formula is C16H12N4O5. The summed E-state index contributed by atoms with van der Waals surface area (Å²) in [5, 5.41) is 30.8. The van der Waals surface area contributed by atoms with E-state index < -0.39 is 35.3 Å². The van der Waals surface area contributed by atoms with Crippen LogP contribution in [0.3, 0.4) is 0 Å². The average Bonchev–Trinajstić information content (AvgIpc) is 2.97.